The molecule has 0 radical (unpaired) electrons. The molecule has 0 bridgehead atoms. The first-order valence-electron chi connectivity index (χ1n) is 5.79. The van der Waals surface area contributed by atoms with E-state index in [1.54, 1.807) is 0 Å². The van der Waals surface area contributed by atoms with E-state index in [1.807, 2.05) is 13.1 Å². The average Bonchev–Trinajstić information content (AvgIpc) is 2.30. The molecule has 0 aromatic carbocycles. The van der Waals surface area contributed by atoms with Gasteiger partial charge in [0.2, 0.25) is 0 Å². The maximum atomic E-state index is 5.80. The standard InChI is InChI=1S/C13H19N3/c1-10-5-7-16(8-6-10)13-4-3-12(9-15-13)11(2)14/h3-5,9,11H,6-8,14H2,1-2H3/t11-/m0/s1. The van der Waals surface area contributed by atoms with Crippen LogP contribution in [0, 0.1) is 0 Å². The normalized spacial score (nSPS) is 18.2. The van der Waals surface area contributed by atoms with E-state index in [1.165, 1.54) is 5.57 Å². The van der Waals surface area contributed by atoms with Crippen LogP contribution in [0.15, 0.2) is 30.0 Å². The Morgan fingerprint density at radius 1 is 1.44 bits per heavy atom. The van der Waals surface area contributed by atoms with E-state index < -0.39 is 0 Å². The predicted octanol–water partition coefficient (Wildman–Crippen LogP) is 2.26. The van der Waals surface area contributed by atoms with Gasteiger partial charge < -0.3 is 10.6 Å². The van der Waals surface area contributed by atoms with Gasteiger partial charge in [-0.3, -0.25) is 0 Å². The molecule has 16 heavy (non-hydrogen) atoms. The first kappa shape index (κ1) is 11.1. The van der Waals surface area contributed by atoms with Gasteiger partial charge in [-0.15, -0.1) is 0 Å². The summed E-state index contributed by atoms with van der Waals surface area (Å²) < 4.78 is 0. The lowest BCUT2D eigenvalue weighted by atomic mass is 10.1. The van der Waals surface area contributed by atoms with Gasteiger partial charge in [0.05, 0.1) is 0 Å². The Bertz CT molecular complexity index is 379. The zero-order chi connectivity index (χ0) is 11.5. The molecule has 1 atom stereocenters. The first-order valence-corrected chi connectivity index (χ1v) is 5.79. The average molecular weight is 217 g/mol. The molecule has 0 spiro atoms. The Kier molecular flexibility index (Phi) is 3.25. The third-order valence-electron chi connectivity index (χ3n) is 3.06. The first-order chi connectivity index (χ1) is 7.66. The van der Waals surface area contributed by atoms with Crippen LogP contribution < -0.4 is 10.6 Å². The number of anilines is 1. The molecule has 0 amide bonds. The molecule has 86 valence electrons. The van der Waals surface area contributed by atoms with Gasteiger partial charge in [0.1, 0.15) is 5.82 Å². The highest BCUT2D eigenvalue weighted by molar-refractivity contribution is 5.42. The Morgan fingerprint density at radius 2 is 2.25 bits per heavy atom. The van der Waals surface area contributed by atoms with Gasteiger partial charge in [0.25, 0.3) is 0 Å². The van der Waals surface area contributed by atoms with Gasteiger partial charge in [-0.25, -0.2) is 4.98 Å². The van der Waals surface area contributed by atoms with Crippen LogP contribution >= 0.6 is 0 Å². The van der Waals surface area contributed by atoms with Crippen molar-refractivity contribution in [2.24, 2.45) is 5.73 Å². The third-order valence-corrected chi connectivity index (χ3v) is 3.06. The van der Waals surface area contributed by atoms with E-state index in [0.717, 1.165) is 30.9 Å². The molecule has 1 aromatic heterocycles. The zero-order valence-corrected chi connectivity index (χ0v) is 9.98. The number of nitrogens with zero attached hydrogens (tertiary/aromatic N) is 2. The van der Waals surface area contributed by atoms with Crippen molar-refractivity contribution in [2.75, 3.05) is 18.0 Å². The molecule has 0 fully saturated rings. The maximum absolute atomic E-state index is 5.80. The van der Waals surface area contributed by atoms with Gasteiger partial charge in [-0.2, -0.15) is 0 Å². The lowest BCUT2D eigenvalue weighted by molar-refractivity contribution is 0.768. The molecule has 1 aliphatic heterocycles. The summed E-state index contributed by atoms with van der Waals surface area (Å²) >= 11 is 0. The van der Waals surface area contributed by atoms with Gasteiger partial charge in [-0.1, -0.05) is 17.7 Å². The summed E-state index contributed by atoms with van der Waals surface area (Å²) in [5.74, 6) is 1.05. The number of hydrogen-bond donors (Lipinski definition) is 1. The van der Waals surface area contributed by atoms with Crippen molar-refractivity contribution in [2.45, 2.75) is 26.3 Å². The quantitative estimate of drug-likeness (QED) is 0.773. The van der Waals surface area contributed by atoms with E-state index in [0.29, 0.717) is 0 Å². The molecule has 1 aliphatic rings. The molecule has 0 unspecified atom stereocenters. The fourth-order valence-electron chi connectivity index (χ4n) is 1.83. The maximum Gasteiger partial charge on any atom is 0.128 e. The molecular formula is C13H19N3. The fraction of sp³-hybridized carbons (Fsp3) is 0.462. The Labute approximate surface area is 97.0 Å². The highest BCUT2D eigenvalue weighted by atomic mass is 15.2. The highest BCUT2D eigenvalue weighted by Gasteiger charge is 2.11. The Hall–Kier alpha value is -1.35. The third kappa shape index (κ3) is 2.42. The molecule has 2 N–H and O–H groups in total. The smallest absolute Gasteiger partial charge is 0.128 e. The number of pyridine rings is 1. The number of rotatable bonds is 2. The minimum atomic E-state index is 0.0602. The van der Waals surface area contributed by atoms with E-state index in [-0.39, 0.29) is 6.04 Å². The van der Waals surface area contributed by atoms with Crippen molar-refractivity contribution < 1.29 is 0 Å². The number of nitrogens with two attached hydrogens (primary N) is 1. The minimum absolute atomic E-state index is 0.0602. The van der Waals surface area contributed by atoms with Crippen molar-refractivity contribution in [1.29, 1.82) is 0 Å². The molecule has 1 aromatic rings. The lowest BCUT2D eigenvalue weighted by Crippen LogP contribution is -2.28. The van der Waals surface area contributed by atoms with Crippen LogP contribution in [0.4, 0.5) is 5.82 Å². The number of aromatic nitrogens is 1. The second-order valence-corrected chi connectivity index (χ2v) is 4.48. The molecule has 2 heterocycles. The summed E-state index contributed by atoms with van der Waals surface area (Å²) in [6.45, 7) is 6.19. The van der Waals surface area contributed by atoms with Crippen molar-refractivity contribution in [1.82, 2.24) is 4.98 Å². The van der Waals surface area contributed by atoms with E-state index in [2.05, 4.69) is 35.0 Å². The Morgan fingerprint density at radius 3 is 2.75 bits per heavy atom. The summed E-state index contributed by atoms with van der Waals surface area (Å²) in [6.07, 6.45) is 5.28. The molecule has 3 nitrogen and oxygen atoms in total. The molecular weight excluding hydrogens is 198 g/mol. The van der Waals surface area contributed by atoms with Crippen LogP contribution in [-0.4, -0.2) is 18.1 Å². The summed E-state index contributed by atoms with van der Waals surface area (Å²) in [4.78, 5) is 6.75. The molecule has 0 saturated carbocycles. The van der Waals surface area contributed by atoms with Crippen molar-refractivity contribution >= 4 is 5.82 Å². The summed E-state index contributed by atoms with van der Waals surface area (Å²) in [5, 5.41) is 0. The van der Waals surface area contributed by atoms with Gasteiger partial charge in [0, 0.05) is 25.3 Å². The van der Waals surface area contributed by atoms with Crippen LogP contribution in [0.25, 0.3) is 0 Å². The van der Waals surface area contributed by atoms with E-state index in [4.69, 9.17) is 5.73 Å². The fourth-order valence-corrected chi connectivity index (χ4v) is 1.83. The minimum Gasteiger partial charge on any atom is -0.353 e. The molecule has 2 rings (SSSR count). The molecule has 0 aliphatic carbocycles. The largest absolute Gasteiger partial charge is 0.353 e. The van der Waals surface area contributed by atoms with Gasteiger partial charge in [0.15, 0.2) is 0 Å². The molecule has 0 saturated heterocycles. The van der Waals surface area contributed by atoms with Crippen LogP contribution in [0.1, 0.15) is 31.9 Å². The monoisotopic (exact) mass is 217 g/mol. The van der Waals surface area contributed by atoms with Crippen LogP contribution in [-0.2, 0) is 0 Å². The van der Waals surface area contributed by atoms with Crippen molar-refractivity contribution in [3.8, 4) is 0 Å². The van der Waals surface area contributed by atoms with Gasteiger partial charge in [-0.05, 0) is 31.9 Å². The topological polar surface area (TPSA) is 42.1 Å². The molecule has 3 heteroatoms. The van der Waals surface area contributed by atoms with E-state index in [9.17, 15) is 0 Å². The second-order valence-electron chi connectivity index (χ2n) is 4.48. The van der Waals surface area contributed by atoms with E-state index >= 15 is 0 Å². The zero-order valence-electron chi connectivity index (χ0n) is 9.98. The predicted molar refractivity (Wildman–Crippen MR) is 67.4 cm³/mol. The van der Waals surface area contributed by atoms with Crippen LogP contribution in [0.5, 0.6) is 0 Å². The summed E-state index contributed by atoms with van der Waals surface area (Å²) in [5.41, 5.74) is 8.36. The number of hydrogen-bond acceptors (Lipinski definition) is 3. The van der Waals surface area contributed by atoms with Crippen LogP contribution in [0.3, 0.4) is 0 Å². The summed E-state index contributed by atoms with van der Waals surface area (Å²) in [7, 11) is 0. The second kappa shape index (κ2) is 4.66. The Balaban J connectivity index is 2.10. The highest BCUT2D eigenvalue weighted by Crippen LogP contribution is 2.18. The van der Waals surface area contributed by atoms with Crippen molar-refractivity contribution in [3.05, 3.63) is 35.5 Å². The summed E-state index contributed by atoms with van der Waals surface area (Å²) in [6, 6.07) is 4.19. The van der Waals surface area contributed by atoms with Crippen molar-refractivity contribution in [3.63, 3.8) is 0 Å². The lowest BCUT2D eigenvalue weighted by Gasteiger charge is -2.26. The van der Waals surface area contributed by atoms with Crippen LogP contribution in [0.2, 0.25) is 0 Å². The SMILES string of the molecule is CC1=CCN(c2ccc([C@H](C)N)cn2)CC1. The van der Waals surface area contributed by atoms with Gasteiger partial charge >= 0.3 is 0 Å².